The third kappa shape index (κ3) is 3.69. The summed E-state index contributed by atoms with van der Waals surface area (Å²) in [5.41, 5.74) is 7.02. The van der Waals surface area contributed by atoms with Gasteiger partial charge in [-0.3, -0.25) is 10.4 Å². The first-order valence-electron chi connectivity index (χ1n) is 6.64. The number of aromatic nitrogens is 2. The summed E-state index contributed by atoms with van der Waals surface area (Å²) in [4.78, 5) is 8.56. The summed E-state index contributed by atoms with van der Waals surface area (Å²) in [5, 5.41) is 7.18. The van der Waals surface area contributed by atoms with Crippen LogP contribution in [0.25, 0.3) is 11.3 Å². The van der Waals surface area contributed by atoms with Gasteiger partial charge in [0.1, 0.15) is 0 Å². The zero-order valence-electron chi connectivity index (χ0n) is 11.8. The summed E-state index contributed by atoms with van der Waals surface area (Å²) in [6.07, 6.45) is 3.51. The zero-order valence-corrected chi connectivity index (χ0v) is 14.8. The highest BCUT2D eigenvalue weighted by Gasteiger charge is 2.04. The highest BCUT2D eigenvalue weighted by molar-refractivity contribution is 14.1. The van der Waals surface area contributed by atoms with E-state index in [-0.39, 0.29) is 0 Å². The molecule has 2 aromatic heterocycles. The molecular formula is C16H13IN4S. The van der Waals surface area contributed by atoms with Crippen LogP contribution in [0.3, 0.4) is 0 Å². The first-order valence-corrected chi connectivity index (χ1v) is 8.60. The molecule has 2 heterocycles. The van der Waals surface area contributed by atoms with Crippen molar-refractivity contribution in [2.75, 3.05) is 5.43 Å². The molecule has 22 heavy (non-hydrogen) atoms. The second-order valence-corrected chi connectivity index (χ2v) is 6.69. The molecule has 0 saturated heterocycles. The molecule has 0 radical (unpaired) electrons. The number of nitrogens with zero attached hydrogens (tertiary/aromatic N) is 3. The quantitative estimate of drug-likeness (QED) is 0.380. The van der Waals surface area contributed by atoms with E-state index in [1.807, 2.05) is 24.4 Å². The maximum Gasteiger partial charge on any atom is 0.203 e. The molecule has 0 fully saturated rings. The molecule has 6 heteroatoms. The van der Waals surface area contributed by atoms with Crippen molar-refractivity contribution in [1.29, 1.82) is 0 Å². The predicted octanol–water partition coefficient (Wildman–Crippen LogP) is 4.65. The minimum absolute atomic E-state index is 0.780. The lowest BCUT2D eigenvalue weighted by Crippen LogP contribution is -1.99. The molecular weight excluding hydrogens is 407 g/mol. The van der Waals surface area contributed by atoms with Crippen molar-refractivity contribution in [3.63, 3.8) is 0 Å². The van der Waals surface area contributed by atoms with Gasteiger partial charge in [-0.25, -0.2) is 4.98 Å². The molecule has 0 aliphatic carbocycles. The van der Waals surface area contributed by atoms with E-state index in [0.29, 0.717) is 0 Å². The topological polar surface area (TPSA) is 50.2 Å². The van der Waals surface area contributed by atoms with E-state index in [2.05, 4.69) is 67.4 Å². The minimum Gasteiger partial charge on any atom is -0.265 e. The minimum atomic E-state index is 0.780. The Morgan fingerprint density at radius 2 is 1.86 bits per heavy atom. The summed E-state index contributed by atoms with van der Waals surface area (Å²) in [5.74, 6) is 0. The molecule has 0 bridgehead atoms. The largest absolute Gasteiger partial charge is 0.265 e. The van der Waals surface area contributed by atoms with Gasteiger partial charge >= 0.3 is 0 Å². The van der Waals surface area contributed by atoms with Crippen molar-refractivity contribution < 1.29 is 0 Å². The second-order valence-electron chi connectivity index (χ2n) is 4.59. The molecule has 0 unspecified atom stereocenters. The number of thiazole rings is 1. The van der Waals surface area contributed by atoms with E-state index in [4.69, 9.17) is 0 Å². The number of benzene rings is 1. The fourth-order valence-electron chi connectivity index (χ4n) is 1.87. The standard InChI is InChI=1S/C16H13IN4S/c1-11(12-6-8-18-9-7-12)20-21-16-19-15(10-22-16)13-2-4-14(17)5-3-13/h2-10H,1H3,(H,19,21)/b20-11-. The molecule has 4 nitrogen and oxygen atoms in total. The number of nitrogens with one attached hydrogen (secondary N) is 1. The highest BCUT2D eigenvalue weighted by atomic mass is 127. The van der Waals surface area contributed by atoms with Crippen molar-refractivity contribution in [2.45, 2.75) is 6.92 Å². The monoisotopic (exact) mass is 420 g/mol. The molecule has 0 spiro atoms. The third-order valence-corrected chi connectivity index (χ3v) is 4.53. The summed E-state index contributed by atoms with van der Waals surface area (Å²) in [6.45, 7) is 1.95. The van der Waals surface area contributed by atoms with E-state index < -0.39 is 0 Å². The third-order valence-electron chi connectivity index (χ3n) is 3.06. The van der Waals surface area contributed by atoms with Gasteiger partial charge in [0.25, 0.3) is 0 Å². The Kier molecular flexibility index (Phi) is 4.79. The Morgan fingerprint density at radius 1 is 1.14 bits per heavy atom. The van der Waals surface area contributed by atoms with Crippen LogP contribution in [-0.2, 0) is 0 Å². The molecule has 3 rings (SSSR count). The van der Waals surface area contributed by atoms with Gasteiger partial charge in [-0.05, 0) is 53.8 Å². The Balaban J connectivity index is 1.73. The van der Waals surface area contributed by atoms with Crippen LogP contribution in [0, 0.1) is 3.57 Å². The first-order chi connectivity index (χ1) is 10.7. The maximum atomic E-state index is 4.56. The van der Waals surface area contributed by atoms with Crippen LogP contribution in [0.4, 0.5) is 5.13 Å². The fraction of sp³-hybridized carbons (Fsp3) is 0.0625. The lowest BCUT2D eigenvalue weighted by atomic mass is 10.2. The predicted molar refractivity (Wildman–Crippen MR) is 100 cm³/mol. The maximum absolute atomic E-state index is 4.56. The average molecular weight is 420 g/mol. The van der Waals surface area contributed by atoms with Crippen LogP contribution in [-0.4, -0.2) is 15.7 Å². The molecule has 1 N–H and O–H groups in total. The van der Waals surface area contributed by atoms with Crippen molar-refractivity contribution >= 4 is 44.8 Å². The molecule has 0 atom stereocenters. The summed E-state index contributed by atoms with van der Waals surface area (Å²) < 4.78 is 1.22. The molecule has 0 aliphatic heterocycles. The number of hydrogen-bond donors (Lipinski definition) is 1. The summed E-state index contributed by atoms with van der Waals surface area (Å²) in [6, 6.07) is 12.2. The SMILES string of the molecule is C/C(=N/Nc1nc(-c2ccc(I)cc2)cs1)c1ccncc1. The molecule has 0 aliphatic rings. The van der Waals surface area contributed by atoms with Crippen LogP contribution < -0.4 is 5.43 Å². The lowest BCUT2D eigenvalue weighted by Gasteiger charge is -2.00. The van der Waals surface area contributed by atoms with E-state index in [9.17, 15) is 0 Å². The number of pyridine rings is 1. The summed E-state index contributed by atoms with van der Waals surface area (Å²) >= 11 is 3.84. The number of anilines is 1. The Labute approximate surface area is 146 Å². The average Bonchev–Trinajstić information content (AvgIpc) is 3.03. The van der Waals surface area contributed by atoms with Gasteiger partial charge in [-0.15, -0.1) is 11.3 Å². The van der Waals surface area contributed by atoms with Crippen molar-refractivity contribution in [1.82, 2.24) is 9.97 Å². The normalized spacial score (nSPS) is 11.5. The van der Waals surface area contributed by atoms with Crippen LogP contribution in [0.15, 0.2) is 59.3 Å². The van der Waals surface area contributed by atoms with Crippen LogP contribution >= 0.6 is 33.9 Å². The van der Waals surface area contributed by atoms with Gasteiger partial charge in [0.15, 0.2) is 0 Å². The van der Waals surface area contributed by atoms with Crippen molar-refractivity contribution in [2.24, 2.45) is 5.10 Å². The number of hydrogen-bond acceptors (Lipinski definition) is 5. The van der Waals surface area contributed by atoms with Gasteiger partial charge in [0.2, 0.25) is 5.13 Å². The van der Waals surface area contributed by atoms with Crippen LogP contribution in [0.2, 0.25) is 0 Å². The van der Waals surface area contributed by atoms with Gasteiger partial charge in [-0.2, -0.15) is 5.10 Å². The highest BCUT2D eigenvalue weighted by Crippen LogP contribution is 2.25. The Hall–Kier alpha value is -1.80. The number of rotatable bonds is 4. The molecule has 110 valence electrons. The van der Waals surface area contributed by atoms with E-state index in [0.717, 1.165) is 27.7 Å². The Morgan fingerprint density at radius 3 is 2.59 bits per heavy atom. The zero-order chi connectivity index (χ0) is 15.4. The molecule has 0 amide bonds. The van der Waals surface area contributed by atoms with Crippen LogP contribution in [0.1, 0.15) is 12.5 Å². The first kappa shape index (κ1) is 15.1. The van der Waals surface area contributed by atoms with Crippen LogP contribution in [0.5, 0.6) is 0 Å². The fourth-order valence-corrected chi connectivity index (χ4v) is 2.89. The van der Waals surface area contributed by atoms with Gasteiger partial charge in [0.05, 0.1) is 11.4 Å². The van der Waals surface area contributed by atoms with Gasteiger partial charge < -0.3 is 0 Å². The molecule has 1 aromatic carbocycles. The van der Waals surface area contributed by atoms with E-state index in [1.165, 1.54) is 3.57 Å². The van der Waals surface area contributed by atoms with E-state index >= 15 is 0 Å². The van der Waals surface area contributed by atoms with Crippen molar-refractivity contribution in [3.05, 3.63) is 63.3 Å². The molecule has 3 aromatic rings. The van der Waals surface area contributed by atoms with E-state index in [1.54, 1.807) is 23.7 Å². The van der Waals surface area contributed by atoms with Gasteiger partial charge in [0, 0.05) is 32.5 Å². The second kappa shape index (κ2) is 6.97. The van der Waals surface area contributed by atoms with Gasteiger partial charge in [-0.1, -0.05) is 12.1 Å². The Bertz CT molecular complexity index is 781. The molecule has 0 saturated carbocycles. The summed E-state index contributed by atoms with van der Waals surface area (Å²) in [7, 11) is 0. The number of hydrazone groups is 1. The smallest absolute Gasteiger partial charge is 0.203 e. The lowest BCUT2D eigenvalue weighted by molar-refractivity contribution is 1.26. The number of halogens is 1. The van der Waals surface area contributed by atoms with Crippen molar-refractivity contribution in [3.8, 4) is 11.3 Å².